The molecule has 0 radical (unpaired) electrons. The number of hydrogen-bond acceptors (Lipinski definition) is 3. The van der Waals surface area contributed by atoms with Crippen molar-refractivity contribution in [3.63, 3.8) is 0 Å². The molecule has 0 unspecified atom stereocenters. The van der Waals surface area contributed by atoms with Crippen LogP contribution < -0.4 is 34.7 Å². The van der Waals surface area contributed by atoms with Gasteiger partial charge in [-0.2, -0.15) is 0 Å². The largest absolute Gasteiger partial charge is 1.00 e. The average Bonchev–Trinajstić information content (AvgIpc) is 2.08. The maximum atomic E-state index is 10.5. The van der Waals surface area contributed by atoms with Crippen LogP contribution >= 0.6 is 0 Å². The first-order valence-electron chi connectivity index (χ1n) is 3.80. The molecule has 0 atom stereocenters. The van der Waals surface area contributed by atoms with Crippen molar-refractivity contribution in [2.24, 2.45) is 0 Å². The van der Waals surface area contributed by atoms with Crippen LogP contribution in [0.2, 0.25) is 0 Å². The van der Waals surface area contributed by atoms with E-state index in [1.807, 2.05) is 0 Å². The van der Waals surface area contributed by atoms with Crippen molar-refractivity contribution in [1.29, 1.82) is 0 Å². The van der Waals surface area contributed by atoms with E-state index < -0.39 is 5.97 Å². The van der Waals surface area contributed by atoms with E-state index >= 15 is 0 Å². The summed E-state index contributed by atoms with van der Waals surface area (Å²) in [4.78, 5) is 10.5. The van der Waals surface area contributed by atoms with E-state index in [4.69, 9.17) is 0 Å². The van der Waals surface area contributed by atoms with Crippen LogP contribution in [0.1, 0.15) is 15.9 Å². The van der Waals surface area contributed by atoms with Gasteiger partial charge in [0.15, 0.2) is 0 Å². The van der Waals surface area contributed by atoms with E-state index in [-0.39, 0.29) is 40.9 Å². The smallest absolute Gasteiger partial charge is 0.545 e. The van der Waals surface area contributed by atoms with E-state index in [9.17, 15) is 15.0 Å². The zero-order valence-corrected chi connectivity index (χ0v) is 9.99. The van der Waals surface area contributed by atoms with Crippen molar-refractivity contribution >= 4 is 5.97 Å². The zero-order valence-electron chi connectivity index (χ0n) is 7.99. The summed E-state index contributed by atoms with van der Waals surface area (Å²) in [5.41, 5.74) is 0.357. The quantitative estimate of drug-likeness (QED) is 0.433. The molecule has 14 heavy (non-hydrogen) atoms. The first-order chi connectivity index (χ1) is 6.16. The number of aromatic hydroxyl groups is 1. The maximum Gasteiger partial charge on any atom is 1.00 e. The normalized spacial score (nSPS) is 8.86. The number of para-hydroxylation sites is 1. The molecule has 1 aromatic carbocycles. The summed E-state index contributed by atoms with van der Waals surface area (Å²) in [7, 11) is 0. The Morgan fingerprint density at radius 1 is 1.57 bits per heavy atom. The third-order valence-electron chi connectivity index (χ3n) is 1.70. The molecule has 1 aromatic rings. The van der Waals surface area contributed by atoms with Gasteiger partial charge in [-0.25, -0.2) is 0 Å². The van der Waals surface area contributed by atoms with Gasteiger partial charge in [0.2, 0.25) is 0 Å². The summed E-state index contributed by atoms with van der Waals surface area (Å²) in [5.74, 6) is -1.61. The monoisotopic (exact) mass is 200 g/mol. The minimum atomic E-state index is -1.37. The molecule has 0 bridgehead atoms. The molecule has 0 aromatic heterocycles. The predicted molar refractivity (Wildman–Crippen MR) is 46.3 cm³/mol. The molecule has 0 fully saturated rings. The van der Waals surface area contributed by atoms with Crippen molar-refractivity contribution in [3.05, 3.63) is 42.0 Å². The second-order valence-corrected chi connectivity index (χ2v) is 2.59. The van der Waals surface area contributed by atoms with Crippen LogP contribution in [0.25, 0.3) is 0 Å². The number of carbonyl (C=O) groups is 1. The van der Waals surface area contributed by atoms with Crippen LogP contribution in [-0.2, 0) is 6.42 Å². The van der Waals surface area contributed by atoms with Crippen molar-refractivity contribution < 1.29 is 44.6 Å². The van der Waals surface area contributed by atoms with Crippen LogP contribution in [0, 0.1) is 0 Å². The van der Waals surface area contributed by atoms with E-state index in [1.54, 1.807) is 18.2 Å². The number of rotatable bonds is 3. The molecule has 0 heterocycles. The number of phenols is 1. The number of carbonyl (C=O) groups excluding carboxylic acids is 1. The van der Waals surface area contributed by atoms with E-state index in [2.05, 4.69) is 6.58 Å². The summed E-state index contributed by atoms with van der Waals surface area (Å²) < 4.78 is 0. The number of carboxylic acid groups (broad SMARTS) is 1. The fourth-order valence-electron chi connectivity index (χ4n) is 1.08. The number of hydrogen-bond donors (Lipinski definition) is 1. The minimum absolute atomic E-state index is 0. The fraction of sp³-hybridized carbons (Fsp3) is 0.100. The second kappa shape index (κ2) is 5.86. The first kappa shape index (κ1) is 13.2. The molecule has 0 aliphatic rings. The third kappa shape index (κ3) is 2.87. The molecular weight excluding hydrogens is 191 g/mol. The van der Waals surface area contributed by atoms with Gasteiger partial charge in [0.05, 0.1) is 5.97 Å². The van der Waals surface area contributed by atoms with Crippen molar-refractivity contribution in [2.75, 3.05) is 0 Å². The van der Waals surface area contributed by atoms with Crippen LogP contribution in [0.4, 0.5) is 0 Å². The Bertz CT molecular complexity index is 347. The van der Waals surface area contributed by atoms with Gasteiger partial charge in [0.25, 0.3) is 0 Å². The molecule has 1 N–H and O–H groups in total. The van der Waals surface area contributed by atoms with E-state index in [0.717, 1.165) is 0 Å². The maximum absolute atomic E-state index is 10.5. The average molecular weight is 200 g/mol. The Balaban J connectivity index is 0.00000169. The van der Waals surface area contributed by atoms with Gasteiger partial charge in [0.1, 0.15) is 5.75 Å². The van der Waals surface area contributed by atoms with E-state index in [0.29, 0.717) is 12.0 Å². The van der Waals surface area contributed by atoms with Gasteiger partial charge in [-0.1, -0.05) is 18.2 Å². The summed E-state index contributed by atoms with van der Waals surface area (Å²) >= 11 is 0. The number of benzene rings is 1. The Kier molecular flexibility index (Phi) is 5.53. The molecule has 0 saturated heterocycles. The van der Waals surface area contributed by atoms with Crippen LogP contribution in [-0.4, -0.2) is 11.1 Å². The van der Waals surface area contributed by atoms with Crippen molar-refractivity contribution in [1.82, 2.24) is 0 Å². The van der Waals surface area contributed by atoms with Gasteiger partial charge < -0.3 is 15.0 Å². The summed E-state index contributed by atoms with van der Waals surface area (Å²) in [6.07, 6.45) is 2.03. The Hall–Kier alpha value is -0.770. The number of aromatic carboxylic acids is 1. The molecular formula is C10H9NaO3. The number of allylic oxidation sites excluding steroid dienone is 1. The topological polar surface area (TPSA) is 60.4 Å². The molecule has 68 valence electrons. The Morgan fingerprint density at radius 2 is 2.21 bits per heavy atom. The predicted octanol–water partition coefficient (Wildman–Crippen LogP) is -2.51. The molecule has 3 nitrogen and oxygen atoms in total. The van der Waals surface area contributed by atoms with Crippen LogP contribution in [0.5, 0.6) is 5.75 Å². The fourth-order valence-corrected chi connectivity index (χ4v) is 1.08. The minimum Gasteiger partial charge on any atom is -0.545 e. The number of carboxylic acids is 1. The molecule has 0 amide bonds. The third-order valence-corrected chi connectivity index (χ3v) is 1.70. The van der Waals surface area contributed by atoms with Gasteiger partial charge in [-0.3, -0.25) is 0 Å². The standard InChI is InChI=1S/C10H10O3.Na/c1-2-4-7-5-3-6-8(9(7)11)10(12)13;/h2-3,5-6,11H,1,4H2,(H,12,13);/q;+1/p-1. The summed E-state index contributed by atoms with van der Waals surface area (Å²) in [6.45, 7) is 3.50. The van der Waals surface area contributed by atoms with Gasteiger partial charge in [-0.05, 0) is 18.1 Å². The van der Waals surface area contributed by atoms with Crippen LogP contribution in [0.15, 0.2) is 30.9 Å². The van der Waals surface area contributed by atoms with Gasteiger partial charge >= 0.3 is 29.6 Å². The molecule has 1 rings (SSSR count). The zero-order chi connectivity index (χ0) is 9.84. The van der Waals surface area contributed by atoms with Crippen LogP contribution in [0.3, 0.4) is 0 Å². The summed E-state index contributed by atoms with van der Waals surface area (Å²) in [5, 5.41) is 19.9. The van der Waals surface area contributed by atoms with E-state index in [1.165, 1.54) is 6.07 Å². The molecule has 0 saturated carbocycles. The Labute approximate surface area is 104 Å². The molecule has 4 heteroatoms. The molecule has 0 aliphatic carbocycles. The second-order valence-electron chi connectivity index (χ2n) is 2.59. The SMILES string of the molecule is C=CCc1cccc(C(=O)[O-])c1O.[Na+]. The van der Waals surface area contributed by atoms with Crippen molar-refractivity contribution in [2.45, 2.75) is 6.42 Å². The van der Waals surface area contributed by atoms with Gasteiger partial charge in [-0.15, -0.1) is 6.58 Å². The molecule has 0 spiro atoms. The first-order valence-corrected chi connectivity index (χ1v) is 3.80. The Morgan fingerprint density at radius 3 is 2.71 bits per heavy atom. The summed E-state index contributed by atoms with van der Waals surface area (Å²) in [6, 6.07) is 4.50. The van der Waals surface area contributed by atoms with Gasteiger partial charge in [0, 0.05) is 5.56 Å². The molecule has 0 aliphatic heterocycles. The van der Waals surface area contributed by atoms with Crippen molar-refractivity contribution in [3.8, 4) is 5.75 Å².